The van der Waals surface area contributed by atoms with Crippen LogP contribution in [0.4, 0.5) is 0 Å². The molecule has 4 heteroatoms. The molecule has 15 heavy (non-hydrogen) atoms. The van der Waals surface area contributed by atoms with Crippen LogP contribution in [0.5, 0.6) is 0 Å². The standard InChI is InChI=1S/C11H20N2O2/c1-13(2)11(14)5-6-12-9-7-8-3-4-10(9)15-8/h8-10,12H,3-7H2,1-2H3. The molecule has 0 saturated carbocycles. The Morgan fingerprint density at radius 1 is 1.47 bits per heavy atom. The lowest BCUT2D eigenvalue weighted by Crippen LogP contribution is -2.39. The van der Waals surface area contributed by atoms with Crippen molar-refractivity contribution in [3.05, 3.63) is 0 Å². The number of carbonyl (C=O) groups excluding carboxylic acids is 1. The highest BCUT2D eigenvalue weighted by molar-refractivity contribution is 5.75. The van der Waals surface area contributed by atoms with Gasteiger partial charge in [0, 0.05) is 33.1 Å². The third-order valence-corrected chi connectivity index (χ3v) is 3.35. The third-order valence-electron chi connectivity index (χ3n) is 3.35. The molecule has 0 aromatic carbocycles. The Bertz CT molecular complexity index is 243. The molecule has 0 spiro atoms. The van der Waals surface area contributed by atoms with Gasteiger partial charge in [-0.2, -0.15) is 0 Å². The normalized spacial score (nSPS) is 33.3. The van der Waals surface area contributed by atoms with Crippen LogP contribution >= 0.6 is 0 Å². The number of carbonyl (C=O) groups is 1. The van der Waals surface area contributed by atoms with Gasteiger partial charge in [-0.3, -0.25) is 4.79 Å². The van der Waals surface area contributed by atoms with E-state index in [0.717, 1.165) is 13.0 Å². The summed E-state index contributed by atoms with van der Waals surface area (Å²) in [6, 6.07) is 0.485. The van der Waals surface area contributed by atoms with Gasteiger partial charge in [-0.15, -0.1) is 0 Å². The minimum atomic E-state index is 0.187. The highest BCUT2D eigenvalue weighted by Crippen LogP contribution is 2.34. The van der Waals surface area contributed by atoms with Crippen LogP contribution in [0.1, 0.15) is 25.7 Å². The molecule has 0 aromatic rings. The number of hydrogen-bond acceptors (Lipinski definition) is 3. The maximum atomic E-state index is 11.3. The van der Waals surface area contributed by atoms with Gasteiger partial charge in [0.15, 0.2) is 0 Å². The molecular formula is C11H20N2O2. The van der Waals surface area contributed by atoms with Gasteiger partial charge in [0.25, 0.3) is 0 Å². The summed E-state index contributed by atoms with van der Waals surface area (Å²) < 4.78 is 5.73. The largest absolute Gasteiger partial charge is 0.373 e. The fourth-order valence-electron chi connectivity index (χ4n) is 2.44. The second kappa shape index (κ2) is 4.49. The van der Waals surface area contributed by atoms with E-state index in [1.165, 1.54) is 12.8 Å². The van der Waals surface area contributed by atoms with Gasteiger partial charge in [-0.1, -0.05) is 0 Å². The molecule has 2 fully saturated rings. The van der Waals surface area contributed by atoms with E-state index in [1.54, 1.807) is 19.0 Å². The van der Waals surface area contributed by atoms with Crippen molar-refractivity contribution in [1.82, 2.24) is 10.2 Å². The average molecular weight is 212 g/mol. The van der Waals surface area contributed by atoms with Crippen molar-refractivity contribution in [3.63, 3.8) is 0 Å². The van der Waals surface area contributed by atoms with Gasteiger partial charge >= 0.3 is 0 Å². The Morgan fingerprint density at radius 3 is 2.80 bits per heavy atom. The van der Waals surface area contributed by atoms with Crippen molar-refractivity contribution < 1.29 is 9.53 Å². The lowest BCUT2D eigenvalue weighted by atomic mass is 9.95. The Kier molecular flexibility index (Phi) is 3.26. The van der Waals surface area contributed by atoms with Crippen molar-refractivity contribution in [1.29, 1.82) is 0 Å². The van der Waals surface area contributed by atoms with E-state index in [-0.39, 0.29) is 5.91 Å². The van der Waals surface area contributed by atoms with Crippen LogP contribution in [0, 0.1) is 0 Å². The minimum absolute atomic E-state index is 0.187. The summed E-state index contributed by atoms with van der Waals surface area (Å²) in [7, 11) is 3.59. The molecule has 2 heterocycles. The Morgan fingerprint density at radius 2 is 2.27 bits per heavy atom. The van der Waals surface area contributed by atoms with Crippen LogP contribution in [0.25, 0.3) is 0 Å². The van der Waals surface area contributed by atoms with Crippen LogP contribution in [-0.2, 0) is 9.53 Å². The summed E-state index contributed by atoms with van der Waals surface area (Å²) in [6.07, 6.45) is 5.01. The number of fused-ring (bicyclic) bond motifs is 2. The van der Waals surface area contributed by atoms with Crippen molar-refractivity contribution in [2.75, 3.05) is 20.6 Å². The second-order valence-corrected chi connectivity index (χ2v) is 4.71. The van der Waals surface area contributed by atoms with E-state index in [4.69, 9.17) is 4.74 Å². The summed E-state index contributed by atoms with van der Waals surface area (Å²) >= 11 is 0. The lowest BCUT2D eigenvalue weighted by Gasteiger charge is -2.20. The fourth-order valence-corrected chi connectivity index (χ4v) is 2.44. The quantitative estimate of drug-likeness (QED) is 0.732. The summed E-state index contributed by atoms with van der Waals surface area (Å²) in [5.41, 5.74) is 0. The van der Waals surface area contributed by atoms with Gasteiger partial charge < -0.3 is 15.0 Å². The van der Waals surface area contributed by atoms with E-state index in [0.29, 0.717) is 24.7 Å². The van der Waals surface area contributed by atoms with Gasteiger partial charge in [-0.25, -0.2) is 0 Å². The molecule has 2 aliphatic heterocycles. The summed E-state index contributed by atoms with van der Waals surface area (Å²) in [4.78, 5) is 13.0. The first-order valence-corrected chi connectivity index (χ1v) is 5.76. The first kappa shape index (κ1) is 10.9. The molecule has 86 valence electrons. The van der Waals surface area contributed by atoms with E-state index < -0.39 is 0 Å². The van der Waals surface area contributed by atoms with Crippen molar-refractivity contribution in [3.8, 4) is 0 Å². The summed E-state index contributed by atoms with van der Waals surface area (Å²) in [5, 5.41) is 3.43. The predicted octanol–water partition coefficient (Wildman–Crippen LogP) is 0.374. The monoisotopic (exact) mass is 212 g/mol. The molecule has 4 nitrogen and oxygen atoms in total. The molecule has 3 unspecified atom stereocenters. The van der Waals surface area contributed by atoms with Crippen LogP contribution in [0.15, 0.2) is 0 Å². The minimum Gasteiger partial charge on any atom is -0.373 e. The molecule has 3 atom stereocenters. The molecule has 1 N–H and O–H groups in total. The zero-order valence-corrected chi connectivity index (χ0v) is 9.53. The van der Waals surface area contributed by atoms with Crippen molar-refractivity contribution in [2.24, 2.45) is 0 Å². The molecule has 2 rings (SSSR count). The van der Waals surface area contributed by atoms with E-state index in [9.17, 15) is 4.79 Å². The van der Waals surface area contributed by atoms with Gasteiger partial charge in [0.2, 0.25) is 5.91 Å². The Labute approximate surface area is 91.0 Å². The zero-order chi connectivity index (χ0) is 10.8. The number of nitrogens with one attached hydrogen (secondary N) is 1. The van der Waals surface area contributed by atoms with Gasteiger partial charge in [-0.05, 0) is 19.3 Å². The molecule has 1 amide bonds. The number of rotatable bonds is 4. The maximum absolute atomic E-state index is 11.3. The predicted molar refractivity (Wildman–Crippen MR) is 57.6 cm³/mol. The SMILES string of the molecule is CN(C)C(=O)CCNC1CC2CCC1O2. The summed E-state index contributed by atoms with van der Waals surface area (Å²) in [6.45, 7) is 0.772. The Balaban J connectivity index is 1.65. The average Bonchev–Trinajstić information content (AvgIpc) is 2.78. The molecular weight excluding hydrogens is 192 g/mol. The topological polar surface area (TPSA) is 41.6 Å². The summed E-state index contributed by atoms with van der Waals surface area (Å²) in [5.74, 6) is 0.187. The van der Waals surface area contributed by atoms with Gasteiger partial charge in [0.05, 0.1) is 12.2 Å². The van der Waals surface area contributed by atoms with Crippen LogP contribution in [0.2, 0.25) is 0 Å². The number of ether oxygens (including phenoxy) is 1. The third kappa shape index (κ3) is 2.49. The number of amides is 1. The fraction of sp³-hybridized carbons (Fsp3) is 0.909. The molecule has 0 radical (unpaired) electrons. The molecule has 0 aliphatic carbocycles. The lowest BCUT2D eigenvalue weighted by molar-refractivity contribution is -0.128. The molecule has 0 aromatic heterocycles. The highest BCUT2D eigenvalue weighted by atomic mass is 16.5. The highest BCUT2D eigenvalue weighted by Gasteiger charge is 2.40. The number of hydrogen-bond donors (Lipinski definition) is 1. The van der Waals surface area contributed by atoms with E-state index >= 15 is 0 Å². The second-order valence-electron chi connectivity index (χ2n) is 4.71. The zero-order valence-electron chi connectivity index (χ0n) is 9.53. The van der Waals surface area contributed by atoms with Crippen LogP contribution in [0.3, 0.4) is 0 Å². The number of nitrogens with zero attached hydrogens (tertiary/aromatic N) is 1. The van der Waals surface area contributed by atoms with Crippen molar-refractivity contribution >= 4 is 5.91 Å². The molecule has 2 bridgehead atoms. The first-order chi connectivity index (χ1) is 7.16. The first-order valence-electron chi connectivity index (χ1n) is 5.76. The van der Waals surface area contributed by atoms with Crippen LogP contribution in [-0.4, -0.2) is 49.7 Å². The van der Waals surface area contributed by atoms with Gasteiger partial charge in [0.1, 0.15) is 0 Å². The van der Waals surface area contributed by atoms with Crippen molar-refractivity contribution in [2.45, 2.75) is 43.9 Å². The van der Waals surface area contributed by atoms with E-state index in [2.05, 4.69) is 5.32 Å². The van der Waals surface area contributed by atoms with Crippen LogP contribution < -0.4 is 5.32 Å². The smallest absolute Gasteiger partial charge is 0.223 e. The maximum Gasteiger partial charge on any atom is 0.223 e. The molecule has 2 saturated heterocycles. The Hall–Kier alpha value is -0.610. The van der Waals surface area contributed by atoms with E-state index in [1.807, 2.05) is 0 Å². The molecule has 2 aliphatic rings.